The largest absolute Gasteiger partial charge is 0.493 e. The second-order valence-electron chi connectivity index (χ2n) is 3.82. The Kier molecular flexibility index (Phi) is 7.08. The first-order chi connectivity index (χ1) is 8.72. The van der Waals surface area contributed by atoms with Crippen molar-refractivity contribution in [3.05, 3.63) is 22.2 Å². The van der Waals surface area contributed by atoms with Crippen LogP contribution in [0.3, 0.4) is 0 Å². The molecule has 1 N–H and O–H groups in total. The molecule has 0 fully saturated rings. The fourth-order valence-electron chi connectivity index (χ4n) is 1.70. The Hall–Kier alpha value is -0.780. The van der Waals surface area contributed by atoms with Crippen LogP contribution in [0.5, 0.6) is 11.5 Å². The summed E-state index contributed by atoms with van der Waals surface area (Å²) in [5.41, 5.74) is 1.07. The number of halogens is 1. The molecular weight excluding hydrogens is 298 g/mol. The molecule has 0 unspecified atom stereocenters. The van der Waals surface area contributed by atoms with Crippen LogP contribution in [0.15, 0.2) is 16.6 Å². The summed E-state index contributed by atoms with van der Waals surface area (Å²) < 4.78 is 16.7. The molecule has 0 aliphatic heterocycles. The van der Waals surface area contributed by atoms with E-state index in [-0.39, 0.29) is 0 Å². The predicted molar refractivity (Wildman–Crippen MR) is 75.4 cm³/mol. The Labute approximate surface area is 117 Å². The molecule has 0 aliphatic rings. The lowest BCUT2D eigenvalue weighted by atomic mass is 10.2. The van der Waals surface area contributed by atoms with Crippen LogP contribution < -0.4 is 14.8 Å². The van der Waals surface area contributed by atoms with Crippen LogP contribution in [0.4, 0.5) is 0 Å². The highest BCUT2D eigenvalue weighted by Gasteiger charge is 2.11. The molecular formula is C13H20BrNO3. The first-order valence-corrected chi connectivity index (χ1v) is 6.62. The van der Waals surface area contributed by atoms with Crippen LogP contribution in [0, 0.1) is 0 Å². The van der Waals surface area contributed by atoms with Crippen molar-refractivity contribution in [3.8, 4) is 11.5 Å². The fraction of sp³-hybridized carbons (Fsp3) is 0.538. The van der Waals surface area contributed by atoms with Crippen LogP contribution in [-0.2, 0) is 11.3 Å². The average Bonchev–Trinajstić information content (AvgIpc) is 2.37. The molecule has 0 aromatic heterocycles. The lowest BCUT2D eigenvalue weighted by molar-refractivity contribution is 0.194. The summed E-state index contributed by atoms with van der Waals surface area (Å²) in [7, 11) is 5.00. The molecule has 5 heteroatoms. The van der Waals surface area contributed by atoms with Crippen LogP contribution in [0.25, 0.3) is 0 Å². The normalized spacial score (nSPS) is 10.4. The van der Waals surface area contributed by atoms with Crippen LogP contribution in [0.2, 0.25) is 0 Å². The molecule has 0 saturated carbocycles. The molecule has 102 valence electrons. The molecule has 0 amide bonds. The minimum atomic E-state index is 0.737. The Morgan fingerprint density at radius 3 is 2.56 bits per heavy atom. The summed E-state index contributed by atoms with van der Waals surface area (Å²) >= 11 is 3.47. The molecule has 0 spiro atoms. The summed E-state index contributed by atoms with van der Waals surface area (Å²) in [6.07, 6.45) is 0.990. The van der Waals surface area contributed by atoms with E-state index in [2.05, 4.69) is 21.2 Å². The zero-order chi connectivity index (χ0) is 13.4. The fourth-order valence-corrected chi connectivity index (χ4v) is 2.19. The van der Waals surface area contributed by atoms with Crippen molar-refractivity contribution in [3.63, 3.8) is 0 Å². The van der Waals surface area contributed by atoms with Gasteiger partial charge in [-0.05, 0) is 25.1 Å². The van der Waals surface area contributed by atoms with Crippen LogP contribution in [0.1, 0.15) is 12.0 Å². The van der Waals surface area contributed by atoms with Gasteiger partial charge in [-0.25, -0.2) is 0 Å². The Morgan fingerprint density at radius 2 is 1.94 bits per heavy atom. The minimum Gasteiger partial charge on any atom is -0.493 e. The molecule has 1 aromatic rings. The number of methoxy groups -OCH3 is 3. The highest BCUT2D eigenvalue weighted by atomic mass is 79.9. The van der Waals surface area contributed by atoms with Gasteiger partial charge in [0.05, 0.1) is 14.2 Å². The van der Waals surface area contributed by atoms with Gasteiger partial charge in [0.25, 0.3) is 0 Å². The molecule has 1 rings (SSSR count). The second kappa shape index (κ2) is 8.34. The van der Waals surface area contributed by atoms with Gasteiger partial charge in [0, 0.05) is 30.3 Å². The van der Waals surface area contributed by atoms with E-state index in [4.69, 9.17) is 14.2 Å². The van der Waals surface area contributed by atoms with Gasteiger partial charge < -0.3 is 19.5 Å². The standard InChI is InChI=1S/C13H20BrNO3/c1-16-6-4-5-15-9-10-7-11(14)8-12(17-2)13(10)18-3/h7-8,15H,4-6,9H2,1-3H3. The van der Waals surface area contributed by atoms with E-state index >= 15 is 0 Å². The SMILES string of the molecule is COCCCNCc1cc(Br)cc(OC)c1OC. The molecule has 0 saturated heterocycles. The molecule has 0 aliphatic carbocycles. The van der Waals surface area contributed by atoms with Gasteiger partial charge in [0.2, 0.25) is 0 Å². The van der Waals surface area contributed by atoms with Gasteiger partial charge in [-0.15, -0.1) is 0 Å². The van der Waals surface area contributed by atoms with E-state index < -0.39 is 0 Å². The van der Waals surface area contributed by atoms with E-state index in [9.17, 15) is 0 Å². The third-order valence-corrected chi connectivity index (χ3v) is 3.00. The predicted octanol–water partition coefficient (Wildman–Crippen LogP) is 2.59. The van der Waals surface area contributed by atoms with Crippen molar-refractivity contribution >= 4 is 15.9 Å². The lowest BCUT2D eigenvalue weighted by Crippen LogP contribution is -2.16. The summed E-state index contributed by atoms with van der Waals surface area (Å²) in [5, 5.41) is 3.35. The smallest absolute Gasteiger partial charge is 0.165 e. The second-order valence-corrected chi connectivity index (χ2v) is 4.74. The van der Waals surface area contributed by atoms with Gasteiger partial charge in [-0.2, -0.15) is 0 Å². The van der Waals surface area contributed by atoms with Crippen molar-refractivity contribution in [1.82, 2.24) is 5.32 Å². The first-order valence-electron chi connectivity index (χ1n) is 5.83. The van der Waals surface area contributed by atoms with Gasteiger partial charge in [0.15, 0.2) is 11.5 Å². The van der Waals surface area contributed by atoms with E-state index in [1.54, 1.807) is 21.3 Å². The zero-order valence-electron chi connectivity index (χ0n) is 11.1. The topological polar surface area (TPSA) is 39.7 Å². The van der Waals surface area contributed by atoms with Crippen molar-refractivity contribution < 1.29 is 14.2 Å². The summed E-state index contributed by atoms with van der Waals surface area (Å²) in [6.45, 7) is 2.42. The molecule has 4 nitrogen and oxygen atoms in total. The van der Waals surface area contributed by atoms with Gasteiger partial charge in [-0.1, -0.05) is 15.9 Å². The first kappa shape index (κ1) is 15.3. The highest BCUT2D eigenvalue weighted by Crippen LogP contribution is 2.34. The molecule has 0 radical (unpaired) electrons. The lowest BCUT2D eigenvalue weighted by Gasteiger charge is -2.14. The monoisotopic (exact) mass is 317 g/mol. The number of rotatable bonds is 8. The van der Waals surface area contributed by atoms with E-state index in [0.29, 0.717) is 0 Å². The minimum absolute atomic E-state index is 0.737. The summed E-state index contributed by atoms with van der Waals surface area (Å²) in [4.78, 5) is 0. The Bertz CT molecular complexity index is 371. The highest BCUT2D eigenvalue weighted by molar-refractivity contribution is 9.10. The maximum Gasteiger partial charge on any atom is 0.165 e. The number of hydrogen-bond donors (Lipinski definition) is 1. The molecule has 0 bridgehead atoms. The average molecular weight is 318 g/mol. The van der Waals surface area contributed by atoms with Crippen molar-refractivity contribution in [2.75, 3.05) is 34.5 Å². The molecule has 0 atom stereocenters. The summed E-state index contributed by atoms with van der Waals surface area (Å²) in [5.74, 6) is 1.51. The maximum absolute atomic E-state index is 5.39. The molecule has 18 heavy (non-hydrogen) atoms. The van der Waals surface area contributed by atoms with E-state index in [0.717, 1.165) is 47.7 Å². The van der Waals surface area contributed by atoms with Crippen LogP contribution in [-0.4, -0.2) is 34.5 Å². The third kappa shape index (κ3) is 4.48. The van der Waals surface area contributed by atoms with Gasteiger partial charge >= 0.3 is 0 Å². The molecule has 1 aromatic carbocycles. The van der Waals surface area contributed by atoms with Crippen molar-refractivity contribution in [2.45, 2.75) is 13.0 Å². The third-order valence-electron chi connectivity index (χ3n) is 2.54. The van der Waals surface area contributed by atoms with Gasteiger partial charge in [0.1, 0.15) is 0 Å². The number of benzene rings is 1. The Morgan fingerprint density at radius 1 is 1.17 bits per heavy atom. The van der Waals surface area contributed by atoms with E-state index in [1.807, 2.05) is 12.1 Å². The zero-order valence-corrected chi connectivity index (χ0v) is 12.7. The number of ether oxygens (including phenoxy) is 3. The quantitative estimate of drug-likeness (QED) is 0.748. The van der Waals surface area contributed by atoms with Crippen LogP contribution >= 0.6 is 15.9 Å². The number of nitrogens with one attached hydrogen (secondary N) is 1. The maximum atomic E-state index is 5.39. The van der Waals surface area contributed by atoms with Crippen molar-refractivity contribution in [2.24, 2.45) is 0 Å². The Balaban J connectivity index is 2.65. The number of hydrogen-bond acceptors (Lipinski definition) is 4. The summed E-state index contributed by atoms with van der Waals surface area (Å²) in [6, 6.07) is 3.93. The molecule has 0 heterocycles. The van der Waals surface area contributed by atoms with E-state index in [1.165, 1.54) is 0 Å². The van der Waals surface area contributed by atoms with Crippen molar-refractivity contribution in [1.29, 1.82) is 0 Å². The van der Waals surface area contributed by atoms with Gasteiger partial charge in [-0.3, -0.25) is 0 Å².